The molecule has 0 aliphatic carbocycles. The fraction of sp³-hybridized carbons (Fsp3) is 0.286. The fourth-order valence-electron chi connectivity index (χ4n) is 1.86. The predicted molar refractivity (Wildman–Crippen MR) is 70.8 cm³/mol. The monoisotopic (exact) mass is 260 g/mol. The van der Waals surface area contributed by atoms with Crippen molar-refractivity contribution in [3.05, 3.63) is 41.7 Å². The van der Waals surface area contributed by atoms with E-state index in [0.29, 0.717) is 23.7 Å². The molecule has 1 aromatic heterocycles. The van der Waals surface area contributed by atoms with E-state index in [9.17, 15) is 4.79 Å². The van der Waals surface area contributed by atoms with Crippen LogP contribution in [-0.4, -0.2) is 29.5 Å². The Balaban J connectivity index is 2.54. The molecular weight excluding hydrogens is 244 g/mol. The summed E-state index contributed by atoms with van der Waals surface area (Å²) in [6.45, 7) is 3.93. The molecule has 0 unspecified atom stereocenters. The first-order valence-electron chi connectivity index (χ1n) is 6.04. The highest BCUT2D eigenvalue weighted by Gasteiger charge is 2.20. The molecule has 1 aromatic carbocycles. The molecule has 100 valence electrons. The number of esters is 1. The average molecular weight is 260 g/mol. The minimum atomic E-state index is -0.386. The fourth-order valence-corrected chi connectivity index (χ4v) is 1.86. The molecule has 0 radical (unpaired) electrons. The van der Waals surface area contributed by atoms with Crippen LogP contribution in [0, 0.1) is 6.92 Å². The van der Waals surface area contributed by atoms with E-state index in [-0.39, 0.29) is 5.97 Å². The molecule has 19 heavy (non-hydrogen) atoms. The van der Waals surface area contributed by atoms with E-state index in [1.807, 2.05) is 31.2 Å². The van der Waals surface area contributed by atoms with Gasteiger partial charge in [0.05, 0.1) is 19.9 Å². The molecule has 0 bridgehead atoms. The Morgan fingerprint density at radius 1 is 1.37 bits per heavy atom. The van der Waals surface area contributed by atoms with Gasteiger partial charge in [0.2, 0.25) is 0 Å². The van der Waals surface area contributed by atoms with Crippen LogP contribution in [0.3, 0.4) is 0 Å². The van der Waals surface area contributed by atoms with Gasteiger partial charge in [-0.3, -0.25) is 0 Å². The van der Waals surface area contributed by atoms with Crippen molar-refractivity contribution >= 4 is 5.97 Å². The number of methoxy groups -OCH3 is 1. The highest BCUT2D eigenvalue weighted by molar-refractivity contribution is 5.90. The lowest BCUT2D eigenvalue weighted by atomic mass is 10.2. The molecule has 0 aliphatic rings. The standard InChI is InChI=1S/C14H16N2O3/c1-4-19-14(17)13-10(2)9-15-16(13)11-7-5-6-8-12(11)18-3/h5-9H,4H2,1-3H3. The van der Waals surface area contributed by atoms with Crippen molar-refractivity contribution < 1.29 is 14.3 Å². The van der Waals surface area contributed by atoms with E-state index in [2.05, 4.69) is 5.10 Å². The van der Waals surface area contributed by atoms with Gasteiger partial charge < -0.3 is 9.47 Å². The highest BCUT2D eigenvalue weighted by atomic mass is 16.5. The topological polar surface area (TPSA) is 53.3 Å². The second-order valence-corrected chi connectivity index (χ2v) is 3.98. The van der Waals surface area contributed by atoms with E-state index >= 15 is 0 Å². The molecule has 0 saturated heterocycles. The van der Waals surface area contributed by atoms with E-state index in [1.54, 1.807) is 24.9 Å². The van der Waals surface area contributed by atoms with Crippen LogP contribution in [0.4, 0.5) is 0 Å². The zero-order valence-electron chi connectivity index (χ0n) is 11.2. The number of ether oxygens (including phenoxy) is 2. The summed E-state index contributed by atoms with van der Waals surface area (Å²) in [7, 11) is 1.58. The van der Waals surface area contributed by atoms with Crippen molar-refractivity contribution in [3.63, 3.8) is 0 Å². The van der Waals surface area contributed by atoms with Gasteiger partial charge in [-0.15, -0.1) is 0 Å². The molecule has 0 spiro atoms. The van der Waals surface area contributed by atoms with Gasteiger partial charge in [0.1, 0.15) is 11.4 Å². The Bertz CT molecular complexity index is 590. The maximum absolute atomic E-state index is 12.0. The molecule has 5 nitrogen and oxygen atoms in total. The first-order chi connectivity index (χ1) is 9.19. The molecule has 0 aliphatic heterocycles. The number of hydrogen-bond donors (Lipinski definition) is 0. The van der Waals surface area contributed by atoms with Crippen LogP contribution in [0.25, 0.3) is 5.69 Å². The summed E-state index contributed by atoms with van der Waals surface area (Å²) in [6, 6.07) is 7.39. The third-order valence-corrected chi connectivity index (χ3v) is 2.73. The van der Waals surface area contributed by atoms with Crippen molar-refractivity contribution in [1.82, 2.24) is 9.78 Å². The summed E-state index contributed by atoms with van der Waals surface area (Å²) in [5, 5.41) is 4.23. The lowest BCUT2D eigenvalue weighted by molar-refractivity contribution is 0.0515. The van der Waals surface area contributed by atoms with Crippen molar-refractivity contribution in [1.29, 1.82) is 0 Å². The molecule has 0 fully saturated rings. The minimum Gasteiger partial charge on any atom is -0.494 e. The Hall–Kier alpha value is -2.30. The minimum absolute atomic E-state index is 0.329. The van der Waals surface area contributed by atoms with Gasteiger partial charge in [-0.1, -0.05) is 12.1 Å². The summed E-state index contributed by atoms with van der Waals surface area (Å²) < 4.78 is 11.9. The van der Waals surface area contributed by atoms with Crippen LogP contribution in [0.5, 0.6) is 5.75 Å². The predicted octanol–water partition coefficient (Wildman–Crippen LogP) is 2.37. The van der Waals surface area contributed by atoms with Gasteiger partial charge in [0.25, 0.3) is 0 Å². The van der Waals surface area contributed by atoms with Crippen LogP contribution in [0.2, 0.25) is 0 Å². The summed E-state index contributed by atoms with van der Waals surface area (Å²) in [4.78, 5) is 12.0. The third kappa shape index (κ3) is 2.45. The molecule has 2 rings (SSSR count). The normalized spacial score (nSPS) is 10.3. The second-order valence-electron chi connectivity index (χ2n) is 3.98. The highest BCUT2D eigenvalue weighted by Crippen LogP contribution is 2.24. The van der Waals surface area contributed by atoms with Gasteiger partial charge in [-0.05, 0) is 26.0 Å². The Labute approximate surface area is 111 Å². The molecule has 5 heteroatoms. The molecule has 0 saturated carbocycles. The summed E-state index contributed by atoms with van der Waals surface area (Å²) in [5.74, 6) is 0.263. The van der Waals surface area contributed by atoms with Crippen molar-refractivity contribution in [2.75, 3.05) is 13.7 Å². The van der Waals surface area contributed by atoms with E-state index < -0.39 is 0 Å². The molecule has 0 atom stereocenters. The van der Waals surface area contributed by atoms with Gasteiger partial charge >= 0.3 is 5.97 Å². The number of hydrogen-bond acceptors (Lipinski definition) is 4. The van der Waals surface area contributed by atoms with E-state index in [1.165, 1.54) is 0 Å². The number of benzene rings is 1. The largest absolute Gasteiger partial charge is 0.494 e. The summed E-state index contributed by atoms with van der Waals surface area (Å²) in [6.07, 6.45) is 1.64. The zero-order valence-corrected chi connectivity index (χ0v) is 11.2. The summed E-state index contributed by atoms with van der Waals surface area (Å²) in [5.41, 5.74) is 1.90. The first kappa shape index (κ1) is 13.1. The van der Waals surface area contributed by atoms with Crippen molar-refractivity contribution in [2.24, 2.45) is 0 Å². The number of aryl methyl sites for hydroxylation is 1. The molecule has 2 aromatic rings. The maximum atomic E-state index is 12.0. The van der Waals surface area contributed by atoms with Gasteiger partial charge in [0, 0.05) is 5.56 Å². The summed E-state index contributed by atoms with van der Waals surface area (Å²) >= 11 is 0. The van der Waals surface area contributed by atoms with Crippen LogP contribution < -0.4 is 4.74 Å². The van der Waals surface area contributed by atoms with E-state index in [0.717, 1.165) is 5.56 Å². The molecule has 0 amide bonds. The quantitative estimate of drug-likeness (QED) is 0.792. The lowest BCUT2D eigenvalue weighted by Gasteiger charge is -2.11. The van der Waals surface area contributed by atoms with Gasteiger partial charge in [-0.25, -0.2) is 9.48 Å². The maximum Gasteiger partial charge on any atom is 0.357 e. The number of carbonyl (C=O) groups is 1. The Morgan fingerprint density at radius 2 is 2.11 bits per heavy atom. The number of nitrogens with zero attached hydrogens (tertiary/aromatic N) is 2. The first-order valence-corrected chi connectivity index (χ1v) is 6.04. The van der Waals surface area contributed by atoms with Crippen molar-refractivity contribution in [3.8, 4) is 11.4 Å². The second kappa shape index (κ2) is 5.56. The Morgan fingerprint density at radius 3 is 2.79 bits per heavy atom. The van der Waals surface area contributed by atoms with Crippen LogP contribution >= 0.6 is 0 Å². The third-order valence-electron chi connectivity index (χ3n) is 2.73. The number of carbonyl (C=O) groups excluding carboxylic acids is 1. The van der Waals surface area contributed by atoms with Gasteiger partial charge in [0.15, 0.2) is 5.69 Å². The van der Waals surface area contributed by atoms with Crippen LogP contribution in [-0.2, 0) is 4.74 Å². The van der Waals surface area contributed by atoms with Gasteiger partial charge in [-0.2, -0.15) is 5.10 Å². The number of aromatic nitrogens is 2. The van der Waals surface area contributed by atoms with Crippen LogP contribution in [0.1, 0.15) is 23.0 Å². The average Bonchev–Trinajstić information content (AvgIpc) is 2.80. The smallest absolute Gasteiger partial charge is 0.357 e. The molecule has 0 N–H and O–H groups in total. The molecular formula is C14H16N2O3. The number of rotatable bonds is 4. The SMILES string of the molecule is CCOC(=O)c1c(C)cnn1-c1ccccc1OC. The molecule has 1 heterocycles. The zero-order chi connectivity index (χ0) is 13.8. The Kier molecular flexibility index (Phi) is 3.85. The lowest BCUT2D eigenvalue weighted by Crippen LogP contribution is -2.13. The number of para-hydroxylation sites is 2. The van der Waals surface area contributed by atoms with Crippen LogP contribution in [0.15, 0.2) is 30.5 Å². The van der Waals surface area contributed by atoms with E-state index in [4.69, 9.17) is 9.47 Å². The van der Waals surface area contributed by atoms with Crippen molar-refractivity contribution in [2.45, 2.75) is 13.8 Å².